The second kappa shape index (κ2) is 5.29. The van der Waals surface area contributed by atoms with Crippen molar-refractivity contribution < 1.29 is 4.74 Å². The number of ether oxygens (including phenoxy) is 1. The predicted octanol–water partition coefficient (Wildman–Crippen LogP) is 3.66. The molecule has 0 bridgehead atoms. The maximum atomic E-state index is 5.86. The van der Waals surface area contributed by atoms with Crippen LogP contribution >= 0.6 is 15.9 Å². The number of benzene rings is 1. The zero-order chi connectivity index (χ0) is 12.3. The molecule has 3 nitrogen and oxygen atoms in total. The minimum absolute atomic E-state index is 0.103. The van der Waals surface area contributed by atoms with Crippen LogP contribution in [-0.4, -0.2) is 4.98 Å². The summed E-state index contributed by atoms with van der Waals surface area (Å²) >= 11 is 3.38. The van der Waals surface area contributed by atoms with Gasteiger partial charge in [-0.2, -0.15) is 0 Å². The molecule has 0 saturated carbocycles. The minimum atomic E-state index is -0.103. The molecule has 0 aliphatic carbocycles. The monoisotopic (exact) mass is 292 g/mol. The summed E-state index contributed by atoms with van der Waals surface area (Å²) in [6, 6.07) is 11.3. The van der Waals surface area contributed by atoms with E-state index in [1.54, 1.807) is 6.20 Å². The van der Waals surface area contributed by atoms with Gasteiger partial charge >= 0.3 is 0 Å². The van der Waals surface area contributed by atoms with Crippen molar-refractivity contribution in [1.29, 1.82) is 0 Å². The lowest BCUT2D eigenvalue weighted by Gasteiger charge is -2.12. The molecule has 0 spiro atoms. The summed E-state index contributed by atoms with van der Waals surface area (Å²) in [4.78, 5) is 4.20. The van der Waals surface area contributed by atoms with E-state index in [9.17, 15) is 0 Å². The lowest BCUT2D eigenvalue weighted by atomic mass is 10.1. The van der Waals surface area contributed by atoms with E-state index in [1.807, 2.05) is 43.3 Å². The summed E-state index contributed by atoms with van der Waals surface area (Å²) < 4.78 is 6.73. The summed E-state index contributed by atoms with van der Waals surface area (Å²) in [5, 5.41) is 0. The SMILES string of the molecule is C[C@@H](N)c1cccnc1Oc1ccc(Br)cc1. The average molecular weight is 293 g/mol. The van der Waals surface area contributed by atoms with Crippen molar-refractivity contribution in [2.45, 2.75) is 13.0 Å². The molecule has 2 aromatic rings. The van der Waals surface area contributed by atoms with Gasteiger partial charge in [-0.1, -0.05) is 22.0 Å². The molecule has 0 saturated heterocycles. The first-order valence-corrected chi connectivity index (χ1v) is 6.10. The lowest BCUT2D eigenvalue weighted by molar-refractivity contribution is 0.452. The zero-order valence-electron chi connectivity index (χ0n) is 9.43. The number of pyridine rings is 1. The highest BCUT2D eigenvalue weighted by Crippen LogP contribution is 2.26. The molecule has 1 atom stereocenters. The number of rotatable bonds is 3. The van der Waals surface area contributed by atoms with Crippen molar-refractivity contribution in [3.8, 4) is 11.6 Å². The number of hydrogen-bond donors (Lipinski definition) is 1. The lowest BCUT2D eigenvalue weighted by Crippen LogP contribution is -2.07. The van der Waals surface area contributed by atoms with E-state index in [-0.39, 0.29) is 6.04 Å². The van der Waals surface area contributed by atoms with E-state index in [2.05, 4.69) is 20.9 Å². The highest BCUT2D eigenvalue weighted by Gasteiger charge is 2.09. The van der Waals surface area contributed by atoms with Gasteiger partial charge in [0.25, 0.3) is 0 Å². The summed E-state index contributed by atoms with van der Waals surface area (Å²) in [5.41, 5.74) is 6.76. The Morgan fingerprint density at radius 1 is 1.24 bits per heavy atom. The molecule has 0 fully saturated rings. The quantitative estimate of drug-likeness (QED) is 0.939. The highest BCUT2D eigenvalue weighted by molar-refractivity contribution is 9.10. The van der Waals surface area contributed by atoms with Crippen molar-refractivity contribution in [2.75, 3.05) is 0 Å². The van der Waals surface area contributed by atoms with Crippen LogP contribution in [0.4, 0.5) is 0 Å². The summed E-state index contributed by atoms with van der Waals surface area (Å²) in [6.07, 6.45) is 1.69. The molecule has 0 unspecified atom stereocenters. The molecule has 0 aliphatic rings. The molecule has 0 radical (unpaired) electrons. The van der Waals surface area contributed by atoms with Crippen LogP contribution in [0.1, 0.15) is 18.5 Å². The van der Waals surface area contributed by atoms with E-state index in [1.165, 1.54) is 0 Å². The van der Waals surface area contributed by atoms with Crippen molar-refractivity contribution in [2.24, 2.45) is 5.73 Å². The standard InChI is InChI=1S/C13H13BrN2O/c1-9(15)12-3-2-8-16-13(12)17-11-6-4-10(14)5-7-11/h2-9H,15H2,1H3/t9-/m1/s1. The Morgan fingerprint density at radius 3 is 2.59 bits per heavy atom. The van der Waals surface area contributed by atoms with Crippen LogP contribution in [-0.2, 0) is 0 Å². The second-order valence-corrected chi connectivity index (χ2v) is 4.66. The van der Waals surface area contributed by atoms with Gasteiger partial charge in [-0.05, 0) is 37.3 Å². The molecule has 88 valence electrons. The first kappa shape index (κ1) is 12.1. The normalized spacial score (nSPS) is 12.2. The van der Waals surface area contributed by atoms with Crippen LogP contribution < -0.4 is 10.5 Å². The van der Waals surface area contributed by atoms with Gasteiger partial charge in [-0.3, -0.25) is 0 Å². The number of nitrogens with two attached hydrogens (primary N) is 1. The molecule has 17 heavy (non-hydrogen) atoms. The molecule has 1 heterocycles. The fourth-order valence-electron chi connectivity index (χ4n) is 1.45. The summed E-state index contributed by atoms with van der Waals surface area (Å²) in [7, 11) is 0. The van der Waals surface area contributed by atoms with E-state index in [0.717, 1.165) is 15.8 Å². The molecule has 0 aliphatic heterocycles. The maximum absolute atomic E-state index is 5.86. The Bertz CT molecular complexity index is 497. The van der Waals surface area contributed by atoms with Crippen LogP contribution in [0.2, 0.25) is 0 Å². The Morgan fingerprint density at radius 2 is 1.94 bits per heavy atom. The van der Waals surface area contributed by atoms with Gasteiger partial charge in [0.2, 0.25) is 5.88 Å². The van der Waals surface area contributed by atoms with Gasteiger partial charge in [-0.15, -0.1) is 0 Å². The third kappa shape index (κ3) is 3.05. The minimum Gasteiger partial charge on any atom is -0.439 e. The Labute approximate surface area is 109 Å². The molecular formula is C13H13BrN2O. The van der Waals surface area contributed by atoms with Gasteiger partial charge in [0.05, 0.1) is 0 Å². The van der Waals surface area contributed by atoms with Gasteiger partial charge in [0.15, 0.2) is 0 Å². The molecule has 1 aromatic heterocycles. The molecule has 2 N–H and O–H groups in total. The van der Waals surface area contributed by atoms with Crippen LogP contribution in [0.25, 0.3) is 0 Å². The fraction of sp³-hybridized carbons (Fsp3) is 0.154. The van der Waals surface area contributed by atoms with Gasteiger partial charge < -0.3 is 10.5 Å². The number of halogens is 1. The maximum Gasteiger partial charge on any atom is 0.223 e. The largest absolute Gasteiger partial charge is 0.439 e. The van der Waals surface area contributed by atoms with E-state index in [0.29, 0.717) is 5.88 Å². The smallest absolute Gasteiger partial charge is 0.223 e. The Kier molecular flexibility index (Phi) is 3.76. The molecule has 4 heteroatoms. The average Bonchev–Trinajstić information content (AvgIpc) is 2.32. The van der Waals surface area contributed by atoms with Crippen LogP contribution in [0, 0.1) is 0 Å². The Balaban J connectivity index is 2.26. The molecule has 0 amide bonds. The van der Waals surface area contributed by atoms with E-state index < -0.39 is 0 Å². The first-order valence-electron chi connectivity index (χ1n) is 5.31. The molecule has 2 rings (SSSR count). The topological polar surface area (TPSA) is 48.1 Å². The van der Waals surface area contributed by atoms with Gasteiger partial charge in [0, 0.05) is 22.3 Å². The Hall–Kier alpha value is -1.39. The van der Waals surface area contributed by atoms with Crippen LogP contribution in [0.5, 0.6) is 11.6 Å². The zero-order valence-corrected chi connectivity index (χ0v) is 11.0. The summed E-state index contributed by atoms with van der Waals surface area (Å²) in [6.45, 7) is 1.91. The number of nitrogens with zero attached hydrogens (tertiary/aromatic N) is 1. The van der Waals surface area contributed by atoms with Gasteiger partial charge in [0.1, 0.15) is 5.75 Å². The van der Waals surface area contributed by atoms with Crippen molar-refractivity contribution in [3.63, 3.8) is 0 Å². The second-order valence-electron chi connectivity index (χ2n) is 3.74. The van der Waals surface area contributed by atoms with Crippen LogP contribution in [0.3, 0.4) is 0 Å². The molecular weight excluding hydrogens is 280 g/mol. The van der Waals surface area contributed by atoms with Crippen molar-refractivity contribution in [1.82, 2.24) is 4.98 Å². The fourth-order valence-corrected chi connectivity index (χ4v) is 1.71. The third-order valence-electron chi connectivity index (χ3n) is 2.32. The third-order valence-corrected chi connectivity index (χ3v) is 2.85. The number of aromatic nitrogens is 1. The molecule has 1 aromatic carbocycles. The summed E-state index contributed by atoms with van der Waals surface area (Å²) in [5.74, 6) is 1.30. The van der Waals surface area contributed by atoms with Gasteiger partial charge in [-0.25, -0.2) is 4.98 Å². The van der Waals surface area contributed by atoms with Crippen molar-refractivity contribution >= 4 is 15.9 Å². The van der Waals surface area contributed by atoms with Crippen molar-refractivity contribution in [3.05, 3.63) is 52.6 Å². The number of hydrogen-bond acceptors (Lipinski definition) is 3. The first-order chi connectivity index (χ1) is 8.16. The predicted molar refractivity (Wildman–Crippen MR) is 71.1 cm³/mol. The van der Waals surface area contributed by atoms with E-state index >= 15 is 0 Å². The highest BCUT2D eigenvalue weighted by atomic mass is 79.9. The van der Waals surface area contributed by atoms with E-state index in [4.69, 9.17) is 10.5 Å². The van der Waals surface area contributed by atoms with Crippen LogP contribution in [0.15, 0.2) is 47.1 Å².